The van der Waals surface area contributed by atoms with E-state index in [9.17, 15) is 4.79 Å². The Labute approximate surface area is 53.1 Å². The average Bonchev–Trinajstić information content (AvgIpc) is 1.87. The summed E-state index contributed by atoms with van der Waals surface area (Å²) in [4.78, 5) is 10.4. The second kappa shape index (κ2) is 3.88. The number of hydrogen-bond acceptors (Lipinski definition) is 4. The second-order valence-electron chi connectivity index (χ2n) is 1.59. The third-order valence-corrected chi connectivity index (χ3v) is 0.799. The van der Waals surface area contributed by atoms with Crippen LogP contribution in [0, 0.1) is 0 Å². The van der Waals surface area contributed by atoms with Crippen molar-refractivity contribution in [2.24, 2.45) is 5.16 Å². The molecule has 0 heterocycles. The highest BCUT2D eigenvalue weighted by Crippen LogP contribution is 1.86. The summed E-state index contributed by atoms with van der Waals surface area (Å²) in [6.07, 6.45) is 0.0486. The van der Waals surface area contributed by atoms with Crippen molar-refractivity contribution >= 4 is 11.7 Å². The van der Waals surface area contributed by atoms with Gasteiger partial charge in [0.1, 0.15) is 0 Å². The number of carbonyl (C=O) groups excluding carboxylic acids is 1. The van der Waals surface area contributed by atoms with E-state index >= 15 is 0 Å². The molecule has 0 saturated heterocycles. The number of carbonyl (C=O) groups is 1. The van der Waals surface area contributed by atoms with Crippen LogP contribution < -0.4 is 0 Å². The molecular weight excluding hydrogens is 122 g/mol. The molecule has 9 heavy (non-hydrogen) atoms. The molecule has 0 amide bonds. The molecule has 4 heteroatoms. The van der Waals surface area contributed by atoms with Gasteiger partial charge in [0.05, 0.1) is 19.2 Å². The summed E-state index contributed by atoms with van der Waals surface area (Å²) >= 11 is 0. The summed E-state index contributed by atoms with van der Waals surface area (Å²) in [5.74, 6) is -0.398. The minimum Gasteiger partial charge on any atom is -0.469 e. The van der Waals surface area contributed by atoms with E-state index in [-0.39, 0.29) is 6.42 Å². The van der Waals surface area contributed by atoms with Gasteiger partial charge in [-0.05, 0) is 6.92 Å². The highest BCUT2D eigenvalue weighted by atomic mass is 16.5. The Kier molecular flexibility index (Phi) is 3.43. The van der Waals surface area contributed by atoms with E-state index in [1.807, 2.05) is 0 Å². The number of esters is 1. The van der Waals surface area contributed by atoms with Gasteiger partial charge in [-0.25, -0.2) is 0 Å². The maximum Gasteiger partial charge on any atom is 0.311 e. The monoisotopic (exact) mass is 131 g/mol. The van der Waals surface area contributed by atoms with Crippen molar-refractivity contribution in [1.82, 2.24) is 0 Å². The van der Waals surface area contributed by atoms with Gasteiger partial charge < -0.3 is 9.94 Å². The van der Waals surface area contributed by atoms with Gasteiger partial charge in [0, 0.05) is 0 Å². The van der Waals surface area contributed by atoms with E-state index in [0.717, 1.165) is 0 Å². The second-order valence-corrected chi connectivity index (χ2v) is 1.59. The summed E-state index contributed by atoms with van der Waals surface area (Å²) < 4.78 is 4.29. The van der Waals surface area contributed by atoms with E-state index < -0.39 is 5.97 Å². The maximum atomic E-state index is 10.4. The highest BCUT2D eigenvalue weighted by molar-refractivity contribution is 5.97. The van der Waals surface area contributed by atoms with Gasteiger partial charge in [-0.1, -0.05) is 5.16 Å². The van der Waals surface area contributed by atoms with Crippen LogP contribution in [0.15, 0.2) is 5.16 Å². The lowest BCUT2D eigenvalue weighted by Crippen LogP contribution is -2.05. The zero-order valence-corrected chi connectivity index (χ0v) is 5.42. The van der Waals surface area contributed by atoms with Gasteiger partial charge in [-0.3, -0.25) is 4.79 Å². The first-order valence-electron chi connectivity index (χ1n) is 2.45. The molecule has 0 aromatic heterocycles. The topological polar surface area (TPSA) is 58.9 Å². The van der Waals surface area contributed by atoms with Crippen molar-refractivity contribution in [3.8, 4) is 0 Å². The van der Waals surface area contributed by atoms with Crippen LogP contribution in [0.2, 0.25) is 0 Å². The van der Waals surface area contributed by atoms with Crippen LogP contribution in [0.1, 0.15) is 13.3 Å². The number of rotatable bonds is 2. The molecule has 52 valence electrons. The van der Waals surface area contributed by atoms with Crippen LogP contribution in [0.25, 0.3) is 0 Å². The van der Waals surface area contributed by atoms with E-state index in [0.29, 0.717) is 5.71 Å². The quantitative estimate of drug-likeness (QED) is 0.255. The molecule has 0 spiro atoms. The lowest BCUT2D eigenvalue weighted by Gasteiger charge is -1.94. The molecule has 0 aromatic carbocycles. The van der Waals surface area contributed by atoms with Crippen molar-refractivity contribution in [3.05, 3.63) is 0 Å². The smallest absolute Gasteiger partial charge is 0.311 e. The number of methoxy groups -OCH3 is 1. The van der Waals surface area contributed by atoms with E-state index in [4.69, 9.17) is 5.21 Å². The van der Waals surface area contributed by atoms with Gasteiger partial charge in [0.15, 0.2) is 0 Å². The van der Waals surface area contributed by atoms with Crippen LogP contribution in [-0.2, 0) is 9.53 Å². The minimum atomic E-state index is -0.398. The molecular formula is C5H9NO3. The maximum absolute atomic E-state index is 10.4. The zero-order valence-electron chi connectivity index (χ0n) is 5.42. The Bertz CT molecular complexity index is 130. The van der Waals surface area contributed by atoms with Gasteiger partial charge in [-0.2, -0.15) is 0 Å². The molecule has 0 atom stereocenters. The highest BCUT2D eigenvalue weighted by Gasteiger charge is 2.01. The van der Waals surface area contributed by atoms with E-state index in [1.165, 1.54) is 14.0 Å². The fourth-order valence-corrected chi connectivity index (χ4v) is 0.316. The lowest BCUT2D eigenvalue weighted by atomic mass is 10.3. The SMILES string of the molecule is COC(=O)C/C(C)=N/O. The van der Waals surface area contributed by atoms with Gasteiger partial charge in [0.2, 0.25) is 0 Å². The van der Waals surface area contributed by atoms with E-state index in [1.54, 1.807) is 0 Å². The molecule has 0 saturated carbocycles. The minimum absolute atomic E-state index is 0.0486. The predicted molar refractivity (Wildman–Crippen MR) is 31.5 cm³/mol. The largest absolute Gasteiger partial charge is 0.469 e. The van der Waals surface area contributed by atoms with Crippen molar-refractivity contribution in [3.63, 3.8) is 0 Å². The Hall–Kier alpha value is -1.06. The van der Waals surface area contributed by atoms with Crippen molar-refractivity contribution in [1.29, 1.82) is 0 Å². The molecule has 0 aliphatic carbocycles. The normalized spacial score (nSPS) is 11.1. The standard InChI is InChI=1S/C5H9NO3/c1-4(6-8)3-5(7)9-2/h8H,3H2,1-2H3/b6-4+. The van der Waals surface area contributed by atoms with Crippen molar-refractivity contribution in [2.45, 2.75) is 13.3 Å². The first-order chi connectivity index (χ1) is 4.20. The fourth-order valence-electron chi connectivity index (χ4n) is 0.316. The Morgan fingerprint density at radius 3 is 2.67 bits per heavy atom. The lowest BCUT2D eigenvalue weighted by molar-refractivity contribution is -0.139. The van der Waals surface area contributed by atoms with Crippen molar-refractivity contribution in [2.75, 3.05) is 7.11 Å². The number of oxime groups is 1. The Morgan fingerprint density at radius 2 is 2.33 bits per heavy atom. The number of nitrogens with zero attached hydrogens (tertiary/aromatic N) is 1. The van der Waals surface area contributed by atoms with Crippen molar-refractivity contribution < 1.29 is 14.7 Å². The fraction of sp³-hybridized carbons (Fsp3) is 0.600. The van der Waals surface area contributed by atoms with Crippen LogP contribution in [0.5, 0.6) is 0 Å². The molecule has 0 radical (unpaired) electrons. The average molecular weight is 131 g/mol. The zero-order chi connectivity index (χ0) is 7.28. The number of hydrogen-bond donors (Lipinski definition) is 1. The van der Waals surface area contributed by atoms with Crippen LogP contribution in [0.3, 0.4) is 0 Å². The Balaban J connectivity index is 3.60. The summed E-state index contributed by atoms with van der Waals surface area (Å²) in [6.45, 7) is 1.54. The molecule has 1 N–H and O–H groups in total. The van der Waals surface area contributed by atoms with Gasteiger partial charge in [-0.15, -0.1) is 0 Å². The summed E-state index contributed by atoms with van der Waals surface area (Å²) in [5, 5.41) is 10.9. The molecule has 0 rings (SSSR count). The molecule has 0 bridgehead atoms. The third kappa shape index (κ3) is 3.52. The third-order valence-electron chi connectivity index (χ3n) is 0.799. The Morgan fingerprint density at radius 1 is 1.78 bits per heavy atom. The summed E-state index contributed by atoms with van der Waals surface area (Å²) in [6, 6.07) is 0. The molecule has 0 fully saturated rings. The van der Waals surface area contributed by atoms with Crippen LogP contribution in [0.4, 0.5) is 0 Å². The van der Waals surface area contributed by atoms with Crippen LogP contribution >= 0.6 is 0 Å². The predicted octanol–water partition coefficient (Wildman–Crippen LogP) is 0.400. The molecule has 0 unspecified atom stereocenters. The summed E-state index contributed by atoms with van der Waals surface area (Å²) in [7, 11) is 1.28. The molecule has 0 aliphatic heterocycles. The molecule has 4 nitrogen and oxygen atoms in total. The van der Waals surface area contributed by atoms with Gasteiger partial charge in [0.25, 0.3) is 0 Å². The molecule has 0 aliphatic rings. The van der Waals surface area contributed by atoms with Crippen LogP contribution in [-0.4, -0.2) is 24.0 Å². The van der Waals surface area contributed by atoms with Gasteiger partial charge >= 0.3 is 5.97 Å². The van der Waals surface area contributed by atoms with E-state index in [2.05, 4.69) is 9.89 Å². The first-order valence-corrected chi connectivity index (χ1v) is 2.45. The first kappa shape index (κ1) is 7.94. The number of ether oxygens (including phenoxy) is 1. The molecule has 0 aromatic rings. The summed E-state index contributed by atoms with van der Waals surface area (Å²) in [5.41, 5.74) is 0.349.